The zero-order valence-corrected chi connectivity index (χ0v) is 8.60. The standard InChI is InChI=1S/C10H20N2O/c1-3-4-5-8(2)11-10(13)12-9-6-7-9/h8-9H,3-7H2,1-2H3,(H2,11,12,13). The second-order valence-corrected chi connectivity index (χ2v) is 3.94. The molecule has 0 aromatic heterocycles. The molecule has 1 rings (SSSR count). The molecule has 0 heterocycles. The highest BCUT2D eigenvalue weighted by Crippen LogP contribution is 2.18. The van der Waals surface area contributed by atoms with Gasteiger partial charge in [0.15, 0.2) is 0 Å². The molecule has 2 amide bonds. The molecule has 0 saturated heterocycles. The molecule has 76 valence electrons. The maximum absolute atomic E-state index is 11.2. The molecule has 1 aliphatic carbocycles. The van der Waals surface area contributed by atoms with Crippen LogP contribution in [-0.2, 0) is 0 Å². The van der Waals surface area contributed by atoms with Gasteiger partial charge in [-0.3, -0.25) is 0 Å². The minimum atomic E-state index is 0.00565. The second-order valence-electron chi connectivity index (χ2n) is 3.94. The molecular formula is C10H20N2O. The summed E-state index contributed by atoms with van der Waals surface area (Å²) in [5.74, 6) is 0. The van der Waals surface area contributed by atoms with Crippen LogP contribution in [0.15, 0.2) is 0 Å². The monoisotopic (exact) mass is 184 g/mol. The minimum absolute atomic E-state index is 0.00565. The van der Waals surface area contributed by atoms with Gasteiger partial charge in [0.1, 0.15) is 0 Å². The molecule has 0 bridgehead atoms. The Hall–Kier alpha value is -0.730. The predicted molar refractivity (Wildman–Crippen MR) is 53.7 cm³/mol. The van der Waals surface area contributed by atoms with Crippen molar-refractivity contribution in [1.82, 2.24) is 10.6 Å². The van der Waals surface area contributed by atoms with E-state index in [1.807, 2.05) is 0 Å². The quantitative estimate of drug-likeness (QED) is 0.674. The Balaban J connectivity index is 2.03. The molecular weight excluding hydrogens is 164 g/mol. The van der Waals surface area contributed by atoms with Crippen molar-refractivity contribution < 1.29 is 4.79 Å². The first-order valence-electron chi connectivity index (χ1n) is 5.29. The van der Waals surface area contributed by atoms with Gasteiger partial charge in [-0.1, -0.05) is 19.8 Å². The van der Waals surface area contributed by atoms with E-state index in [1.54, 1.807) is 0 Å². The van der Waals surface area contributed by atoms with Crippen LogP contribution >= 0.6 is 0 Å². The molecule has 1 aliphatic rings. The van der Waals surface area contributed by atoms with Crippen molar-refractivity contribution in [2.24, 2.45) is 0 Å². The number of urea groups is 1. The number of hydrogen-bond acceptors (Lipinski definition) is 1. The van der Waals surface area contributed by atoms with Gasteiger partial charge < -0.3 is 10.6 Å². The highest BCUT2D eigenvalue weighted by atomic mass is 16.2. The van der Waals surface area contributed by atoms with Gasteiger partial charge in [0.05, 0.1) is 0 Å². The van der Waals surface area contributed by atoms with Crippen molar-refractivity contribution in [2.75, 3.05) is 0 Å². The summed E-state index contributed by atoms with van der Waals surface area (Å²) >= 11 is 0. The van der Waals surface area contributed by atoms with E-state index < -0.39 is 0 Å². The maximum atomic E-state index is 11.2. The van der Waals surface area contributed by atoms with Gasteiger partial charge in [-0.15, -0.1) is 0 Å². The SMILES string of the molecule is CCCCC(C)NC(=O)NC1CC1. The van der Waals surface area contributed by atoms with Crippen molar-refractivity contribution in [3.8, 4) is 0 Å². The lowest BCUT2D eigenvalue weighted by atomic mass is 10.1. The van der Waals surface area contributed by atoms with Gasteiger partial charge in [0.25, 0.3) is 0 Å². The van der Waals surface area contributed by atoms with Crippen LogP contribution in [0.4, 0.5) is 4.79 Å². The number of rotatable bonds is 5. The van der Waals surface area contributed by atoms with Gasteiger partial charge in [-0.2, -0.15) is 0 Å². The summed E-state index contributed by atoms with van der Waals surface area (Å²) in [5.41, 5.74) is 0. The Labute approximate surface area is 80.3 Å². The van der Waals surface area contributed by atoms with E-state index in [2.05, 4.69) is 24.5 Å². The Morgan fingerprint density at radius 3 is 2.77 bits per heavy atom. The first kappa shape index (κ1) is 10.4. The molecule has 0 aromatic carbocycles. The van der Waals surface area contributed by atoms with E-state index in [1.165, 1.54) is 12.8 Å². The average Bonchev–Trinajstić information content (AvgIpc) is 2.84. The third kappa shape index (κ3) is 4.76. The summed E-state index contributed by atoms with van der Waals surface area (Å²) in [6.07, 6.45) is 5.75. The Morgan fingerprint density at radius 1 is 1.54 bits per heavy atom. The van der Waals surface area contributed by atoms with Gasteiger partial charge in [-0.25, -0.2) is 4.79 Å². The van der Waals surface area contributed by atoms with Gasteiger partial charge in [-0.05, 0) is 26.2 Å². The lowest BCUT2D eigenvalue weighted by Crippen LogP contribution is -2.41. The summed E-state index contributed by atoms with van der Waals surface area (Å²) in [7, 11) is 0. The fourth-order valence-electron chi connectivity index (χ4n) is 1.26. The van der Waals surface area contributed by atoms with E-state index in [-0.39, 0.29) is 6.03 Å². The molecule has 3 heteroatoms. The Kier molecular flexibility index (Phi) is 4.06. The van der Waals surface area contributed by atoms with Crippen LogP contribution in [-0.4, -0.2) is 18.1 Å². The largest absolute Gasteiger partial charge is 0.336 e. The van der Waals surface area contributed by atoms with Crippen molar-refractivity contribution in [2.45, 2.75) is 58.0 Å². The minimum Gasteiger partial charge on any atom is -0.336 e. The first-order chi connectivity index (χ1) is 6.22. The summed E-state index contributed by atoms with van der Waals surface area (Å²) in [4.78, 5) is 11.2. The number of amides is 2. The zero-order valence-electron chi connectivity index (χ0n) is 8.60. The molecule has 0 aromatic rings. The first-order valence-corrected chi connectivity index (χ1v) is 5.29. The Morgan fingerprint density at radius 2 is 2.23 bits per heavy atom. The fraction of sp³-hybridized carbons (Fsp3) is 0.900. The van der Waals surface area contributed by atoms with E-state index in [0.717, 1.165) is 19.3 Å². The molecule has 0 aliphatic heterocycles. The van der Waals surface area contributed by atoms with E-state index in [9.17, 15) is 4.79 Å². The Bertz CT molecular complexity index is 166. The van der Waals surface area contributed by atoms with Crippen molar-refractivity contribution in [3.63, 3.8) is 0 Å². The smallest absolute Gasteiger partial charge is 0.315 e. The van der Waals surface area contributed by atoms with Crippen LogP contribution in [0.2, 0.25) is 0 Å². The van der Waals surface area contributed by atoms with Gasteiger partial charge in [0, 0.05) is 12.1 Å². The van der Waals surface area contributed by atoms with Crippen LogP contribution < -0.4 is 10.6 Å². The van der Waals surface area contributed by atoms with Crippen LogP contribution in [0.3, 0.4) is 0 Å². The third-order valence-corrected chi connectivity index (χ3v) is 2.28. The van der Waals surface area contributed by atoms with E-state index in [4.69, 9.17) is 0 Å². The highest BCUT2D eigenvalue weighted by Gasteiger charge is 2.23. The molecule has 3 nitrogen and oxygen atoms in total. The topological polar surface area (TPSA) is 41.1 Å². The number of hydrogen-bond donors (Lipinski definition) is 2. The van der Waals surface area contributed by atoms with Crippen LogP contribution in [0, 0.1) is 0 Å². The highest BCUT2D eigenvalue weighted by molar-refractivity contribution is 5.74. The molecule has 1 saturated carbocycles. The number of carbonyl (C=O) groups is 1. The summed E-state index contributed by atoms with van der Waals surface area (Å²) < 4.78 is 0. The van der Waals surface area contributed by atoms with Crippen molar-refractivity contribution in [3.05, 3.63) is 0 Å². The maximum Gasteiger partial charge on any atom is 0.315 e. The van der Waals surface area contributed by atoms with Crippen LogP contribution in [0.5, 0.6) is 0 Å². The summed E-state index contributed by atoms with van der Waals surface area (Å²) in [5, 5.41) is 5.85. The predicted octanol–water partition coefficient (Wildman–Crippen LogP) is 2.03. The number of carbonyl (C=O) groups excluding carboxylic acids is 1. The zero-order chi connectivity index (χ0) is 9.68. The van der Waals surface area contributed by atoms with E-state index in [0.29, 0.717) is 12.1 Å². The molecule has 0 spiro atoms. The second kappa shape index (κ2) is 5.10. The van der Waals surface area contributed by atoms with Crippen LogP contribution in [0.25, 0.3) is 0 Å². The molecule has 2 N–H and O–H groups in total. The van der Waals surface area contributed by atoms with E-state index >= 15 is 0 Å². The molecule has 0 radical (unpaired) electrons. The average molecular weight is 184 g/mol. The van der Waals surface area contributed by atoms with Crippen LogP contribution in [0.1, 0.15) is 46.0 Å². The van der Waals surface area contributed by atoms with Crippen molar-refractivity contribution >= 4 is 6.03 Å². The van der Waals surface area contributed by atoms with Gasteiger partial charge in [0.2, 0.25) is 0 Å². The molecule has 1 unspecified atom stereocenters. The lowest BCUT2D eigenvalue weighted by molar-refractivity contribution is 0.236. The third-order valence-electron chi connectivity index (χ3n) is 2.28. The number of unbranched alkanes of at least 4 members (excludes halogenated alkanes) is 1. The molecule has 1 atom stereocenters. The molecule has 1 fully saturated rings. The fourth-order valence-corrected chi connectivity index (χ4v) is 1.26. The number of nitrogens with one attached hydrogen (secondary N) is 2. The molecule has 13 heavy (non-hydrogen) atoms. The van der Waals surface area contributed by atoms with Crippen molar-refractivity contribution in [1.29, 1.82) is 0 Å². The normalized spacial score (nSPS) is 18.0. The lowest BCUT2D eigenvalue weighted by Gasteiger charge is -2.13. The summed E-state index contributed by atoms with van der Waals surface area (Å²) in [6.45, 7) is 4.22. The summed E-state index contributed by atoms with van der Waals surface area (Å²) in [6, 6.07) is 0.767. The van der Waals surface area contributed by atoms with Gasteiger partial charge >= 0.3 is 6.03 Å².